The van der Waals surface area contributed by atoms with E-state index in [-0.39, 0.29) is 6.04 Å². The fourth-order valence-corrected chi connectivity index (χ4v) is 1.53. The molecule has 0 spiro atoms. The first kappa shape index (κ1) is 10.2. The van der Waals surface area contributed by atoms with Gasteiger partial charge in [0.1, 0.15) is 6.04 Å². The van der Waals surface area contributed by atoms with Crippen LogP contribution >= 0.6 is 15.9 Å². The second-order valence-electron chi connectivity index (χ2n) is 2.53. The molecule has 0 aliphatic heterocycles. The van der Waals surface area contributed by atoms with Crippen molar-refractivity contribution in [2.24, 2.45) is 0 Å². The third-order valence-electron chi connectivity index (χ3n) is 1.64. The molecule has 68 valence electrons. The molecule has 0 saturated carbocycles. The zero-order valence-electron chi connectivity index (χ0n) is 7.42. The van der Waals surface area contributed by atoms with Gasteiger partial charge in [-0.2, -0.15) is 0 Å². The van der Waals surface area contributed by atoms with Gasteiger partial charge in [0.15, 0.2) is 0 Å². The highest BCUT2D eigenvalue weighted by Gasteiger charge is 2.10. The Kier molecular flexibility index (Phi) is 3.94. The summed E-state index contributed by atoms with van der Waals surface area (Å²) in [6.45, 7) is 2.85. The van der Waals surface area contributed by atoms with Gasteiger partial charge in [0.05, 0.1) is 5.69 Å². The van der Waals surface area contributed by atoms with Crippen LogP contribution in [0.15, 0.2) is 22.8 Å². The van der Waals surface area contributed by atoms with Gasteiger partial charge >= 0.3 is 0 Å². The molecule has 1 aromatic heterocycles. The molecule has 3 heteroatoms. The first-order chi connectivity index (χ1) is 6.29. The van der Waals surface area contributed by atoms with Gasteiger partial charge in [0.2, 0.25) is 0 Å². The van der Waals surface area contributed by atoms with E-state index < -0.39 is 0 Å². The van der Waals surface area contributed by atoms with Crippen molar-refractivity contribution >= 4 is 15.9 Å². The van der Waals surface area contributed by atoms with E-state index in [4.69, 9.17) is 6.42 Å². The van der Waals surface area contributed by atoms with Crippen LogP contribution in [0.5, 0.6) is 0 Å². The molecule has 1 N–H and O–H groups in total. The Labute approximate surface area is 86.9 Å². The minimum atomic E-state index is -0.111. The van der Waals surface area contributed by atoms with Gasteiger partial charge in [-0.25, -0.2) is 0 Å². The molecule has 0 bridgehead atoms. The van der Waals surface area contributed by atoms with Crippen molar-refractivity contribution in [3.05, 3.63) is 28.5 Å². The van der Waals surface area contributed by atoms with Crippen LogP contribution in [0.1, 0.15) is 18.7 Å². The van der Waals surface area contributed by atoms with Crippen molar-refractivity contribution < 1.29 is 0 Å². The molecule has 0 aliphatic carbocycles. The first-order valence-electron chi connectivity index (χ1n) is 4.09. The molecule has 1 atom stereocenters. The van der Waals surface area contributed by atoms with E-state index in [1.54, 1.807) is 6.20 Å². The van der Waals surface area contributed by atoms with Gasteiger partial charge in [-0.3, -0.25) is 10.3 Å². The van der Waals surface area contributed by atoms with E-state index >= 15 is 0 Å². The zero-order chi connectivity index (χ0) is 9.68. The summed E-state index contributed by atoms with van der Waals surface area (Å²) < 4.78 is 0.943. The van der Waals surface area contributed by atoms with Gasteiger partial charge in [-0.1, -0.05) is 12.8 Å². The maximum Gasteiger partial charge on any atom is 0.113 e. The maximum atomic E-state index is 5.39. The van der Waals surface area contributed by atoms with Crippen LogP contribution < -0.4 is 5.32 Å². The van der Waals surface area contributed by atoms with Crippen LogP contribution in [0.3, 0.4) is 0 Å². The van der Waals surface area contributed by atoms with Crippen LogP contribution in [0, 0.1) is 12.3 Å². The van der Waals surface area contributed by atoms with Gasteiger partial charge < -0.3 is 0 Å². The molecule has 1 aromatic rings. The highest BCUT2D eigenvalue weighted by atomic mass is 79.9. The van der Waals surface area contributed by atoms with E-state index in [9.17, 15) is 0 Å². The number of pyridine rings is 1. The summed E-state index contributed by atoms with van der Waals surface area (Å²) in [4.78, 5) is 4.22. The standard InChI is InChI=1S/C10H11BrN2/c1-3-9(12-4-2)10-8(11)6-5-7-13-10/h1,5-7,9,12H,4H2,2H3. The average Bonchev–Trinajstić information content (AvgIpc) is 2.16. The van der Waals surface area contributed by atoms with Crippen molar-refractivity contribution in [2.75, 3.05) is 6.54 Å². The van der Waals surface area contributed by atoms with Crippen molar-refractivity contribution in [3.63, 3.8) is 0 Å². The van der Waals surface area contributed by atoms with E-state index in [0.29, 0.717) is 0 Å². The second-order valence-corrected chi connectivity index (χ2v) is 3.38. The van der Waals surface area contributed by atoms with Crippen molar-refractivity contribution in [1.29, 1.82) is 0 Å². The van der Waals surface area contributed by atoms with Gasteiger partial charge in [-0.05, 0) is 34.6 Å². The number of nitrogens with zero attached hydrogens (tertiary/aromatic N) is 1. The summed E-state index contributed by atoms with van der Waals surface area (Å²) >= 11 is 3.41. The number of nitrogens with one attached hydrogen (secondary N) is 1. The first-order valence-corrected chi connectivity index (χ1v) is 4.88. The van der Waals surface area contributed by atoms with E-state index in [1.165, 1.54) is 0 Å². The second kappa shape index (κ2) is 5.00. The molecular formula is C10H11BrN2. The molecule has 1 heterocycles. The number of hydrogen-bond acceptors (Lipinski definition) is 2. The minimum absolute atomic E-state index is 0.111. The Morgan fingerprint density at radius 1 is 1.77 bits per heavy atom. The summed E-state index contributed by atoms with van der Waals surface area (Å²) in [6, 6.07) is 3.69. The van der Waals surface area contributed by atoms with Gasteiger partial charge in [0, 0.05) is 10.7 Å². The van der Waals surface area contributed by atoms with Gasteiger partial charge in [0.25, 0.3) is 0 Å². The normalized spacial score (nSPS) is 12.1. The number of hydrogen-bond donors (Lipinski definition) is 1. The van der Waals surface area contributed by atoms with Crippen LogP contribution in [0.25, 0.3) is 0 Å². The Bertz CT molecular complexity index is 317. The third-order valence-corrected chi connectivity index (χ3v) is 2.31. The largest absolute Gasteiger partial charge is 0.299 e. The number of aromatic nitrogens is 1. The lowest BCUT2D eigenvalue weighted by molar-refractivity contribution is 0.646. The number of terminal acetylenes is 1. The molecule has 0 saturated heterocycles. The molecule has 0 radical (unpaired) electrons. The maximum absolute atomic E-state index is 5.39. The van der Waals surface area contributed by atoms with Gasteiger partial charge in [-0.15, -0.1) is 6.42 Å². The van der Waals surface area contributed by atoms with E-state index in [0.717, 1.165) is 16.7 Å². The number of rotatable bonds is 3. The molecule has 0 amide bonds. The predicted molar refractivity (Wildman–Crippen MR) is 57.2 cm³/mol. The summed E-state index contributed by atoms with van der Waals surface area (Å²) in [5.41, 5.74) is 0.867. The summed E-state index contributed by atoms with van der Waals surface area (Å²) in [7, 11) is 0. The van der Waals surface area contributed by atoms with E-state index in [1.807, 2.05) is 19.1 Å². The zero-order valence-corrected chi connectivity index (χ0v) is 9.01. The highest BCUT2D eigenvalue weighted by Crippen LogP contribution is 2.19. The highest BCUT2D eigenvalue weighted by molar-refractivity contribution is 9.10. The Balaban J connectivity index is 2.92. The lowest BCUT2D eigenvalue weighted by Gasteiger charge is -2.11. The lowest BCUT2D eigenvalue weighted by atomic mass is 10.2. The van der Waals surface area contributed by atoms with E-state index in [2.05, 4.69) is 32.2 Å². The van der Waals surface area contributed by atoms with Crippen LogP contribution in [-0.2, 0) is 0 Å². The topological polar surface area (TPSA) is 24.9 Å². The molecule has 1 rings (SSSR count). The summed E-state index contributed by atoms with van der Waals surface area (Å²) in [5, 5.41) is 3.16. The summed E-state index contributed by atoms with van der Waals surface area (Å²) in [5.74, 6) is 2.66. The fourth-order valence-electron chi connectivity index (χ4n) is 1.05. The lowest BCUT2D eigenvalue weighted by Crippen LogP contribution is -2.20. The SMILES string of the molecule is C#CC(NCC)c1ncccc1Br. The molecular weight excluding hydrogens is 228 g/mol. The summed E-state index contributed by atoms with van der Waals surface area (Å²) in [6.07, 6.45) is 7.12. The van der Waals surface area contributed by atoms with Crippen LogP contribution in [-0.4, -0.2) is 11.5 Å². The Morgan fingerprint density at radius 2 is 2.54 bits per heavy atom. The number of halogens is 1. The molecule has 1 unspecified atom stereocenters. The predicted octanol–water partition coefficient (Wildman–Crippen LogP) is 2.13. The van der Waals surface area contributed by atoms with Crippen LogP contribution in [0.4, 0.5) is 0 Å². The van der Waals surface area contributed by atoms with Crippen molar-refractivity contribution in [2.45, 2.75) is 13.0 Å². The fraction of sp³-hybridized carbons (Fsp3) is 0.300. The average molecular weight is 239 g/mol. The minimum Gasteiger partial charge on any atom is -0.299 e. The molecule has 0 aromatic carbocycles. The van der Waals surface area contributed by atoms with Crippen LogP contribution in [0.2, 0.25) is 0 Å². The molecule has 0 fully saturated rings. The Morgan fingerprint density at radius 3 is 3.08 bits per heavy atom. The quantitative estimate of drug-likeness (QED) is 0.817. The molecule has 0 aliphatic rings. The smallest absolute Gasteiger partial charge is 0.113 e. The van der Waals surface area contributed by atoms with Crippen molar-refractivity contribution in [1.82, 2.24) is 10.3 Å². The Hall–Kier alpha value is -0.850. The molecule has 2 nitrogen and oxygen atoms in total. The van der Waals surface area contributed by atoms with Crippen molar-refractivity contribution in [3.8, 4) is 12.3 Å². The monoisotopic (exact) mass is 238 g/mol. The molecule has 13 heavy (non-hydrogen) atoms. The third kappa shape index (κ3) is 2.55.